The first kappa shape index (κ1) is 10.7. The van der Waals surface area contributed by atoms with Gasteiger partial charge in [0, 0.05) is 4.70 Å². The van der Waals surface area contributed by atoms with E-state index in [2.05, 4.69) is 43.5 Å². The molecule has 2 rings (SSSR count). The van der Waals surface area contributed by atoms with E-state index >= 15 is 0 Å². The van der Waals surface area contributed by atoms with E-state index in [1.807, 2.05) is 11.3 Å². The van der Waals surface area contributed by atoms with Gasteiger partial charge in [0.2, 0.25) is 0 Å². The summed E-state index contributed by atoms with van der Waals surface area (Å²) >= 11 is 1.87. The van der Waals surface area contributed by atoms with Crippen molar-refractivity contribution in [2.45, 2.75) is 33.1 Å². The Labute approximate surface area is 95.9 Å². The fourth-order valence-electron chi connectivity index (χ4n) is 1.95. The Balaban J connectivity index is 2.10. The topological polar surface area (TPSA) is 0 Å². The molecule has 1 heterocycles. The number of thiophene rings is 1. The Hall–Kier alpha value is -0.820. The summed E-state index contributed by atoms with van der Waals surface area (Å²) in [5.74, 6) is 0.826. The molecule has 0 saturated heterocycles. The van der Waals surface area contributed by atoms with Gasteiger partial charge in [0.15, 0.2) is 0 Å². The van der Waals surface area contributed by atoms with Crippen LogP contribution in [-0.4, -0.2) is 0 Å². The van der Waals surface area contributed by atoms with Crippen LogP contribution in [0.1, 0.15) is 32.3 Å². The van der Waals surface area contributed by atoms with Crippen LogP contribution in [0.4, 0.5) is 0 Å². The summed E-state index contributed by atoms with van der Waals surface area (Å²) in [6.45, 7) is 4.59. The van der Waals surface area contributed by atoms with E-state index in [1.165, 1.54) is 34.9 Å². The number of aryl methyl sites for hydroxylation is 1. The van der Waals surface area contributed by atoms with Crippen molar-refractivity contribution in [3.63, 3.8) is 0 Å². The minimum Gasteiger partial charge on any atom is -0.144 e. The molecule has 0 fully saturated rings. The van der Waals surface area contributed by atoms with Crippen LogP contribution in [0.3, 0.4) is 0 Å². The maximum atomic E-state index is 2.30. The summed E-state index contributed by atoms with van der Waals surface area (Å²) in [5, 5.41) is 3.60. The van der Waals surface area contributed by atoms with Crippen LogP contribution in [0.2, 0.25) is 0 Å². The van der Waals surface area contributed by atoms with E-state index < -0.39 is 0 Å². The number of hydrogen-bond donors (Lipinski definition) is 0. The molecule has 0 aliphatic carbocycles. The molecule has 1 aromatic heterocycles. The second-order valence-corrected chi connectivity index (χ2v) is 5.46. The van der Waals surface area contributed by atoms with Crippen molar-refractivity contribution >= 4 is 21.4 Å². The van der Waals surface area contributed by atoms with E-state index in [9.17, 15) is 0 Å². The van der Waals surface area contributed by atoms with Crippen molar-refractivity contribution in [1.29, 1.82) is 0 Å². The zero-order valence-electron chi connectivity index (χ0n) is 9.49. The third-order valence-electron chi connectivity index (χ3n) is 2.79. The summed E-state index contributed by atoms with van der Waals surface area (Å²) in [6, 6.07) is 8.88. The molecular weight excluding hydrogens is 200 g/mol. The number of benzene rings is 1. The Morgan fingerprint density at radius 2 is 2.07 bits per heavy atom. The third kappa shape index (κ3) is 2.60. The molecule has 15 heavy (non-hydrogen) atoms. The lowest BCUT2D eigenvalue weighted by molar-refractivity contribution is 0.556. The van der Waals surface area contributed by atoms with Crippen LogP contribution in [-0.2, 0) is 6.42 Å². The first-order valence-electron chi connectivity index (χ1n) is 5.72. The molecule has 0 atom stereocenters. The second kappa shape index (κ2) is 4.80. The zero-order valence-corrected chi connectivity index (χ0v) is 10.3. The summed E-state index contributed by atoms with van der Waals surface area (Å²) in [4.78, 5) is 0. The lowest BCUT2D eigenvalue weighted by Crippen LogP contribution is -1.90. The van der Waals surface area contributed by atoms with Gasteiger partial charge in [-0.15, -0.1) is 11.3 Å². The summed E-state index contributed by atoms with van der Waals surface area (Å²) in [7, 11) is 0. The minimum atomic E-state index is 0.826. The highest BCUT2D eigenvalue weighted by Gasteiger charge is 2.02. The molecule has 0 nitrogen and oxygen atoms in total. The van der Waals surface area contributed by atoms with Crippen molar-refractivity contribution in [2.75, 3.05) is 0 Å². The SMILES string of the molecule is CC(C)CCCc1cccc2ccsc12. The molecule has 0 saturated carbocycles. The Bertz CT molecular complexity index is 426. The molecule has 80 valence electrons. The lowest BCUT2D eigenvalue weighted by Gasteiger charge is -2.05. The molecule has 2 aromatic rings. The fraction of sp³-hybridized carbons (Fsp3) is 0.429. The van der Waals surface area contributed by atoms with Gasteiger partial charge in [-0.05, 0) is 41.2 Å². The Kier molecular flexibility index (Phi) is 3.42. The smallest absolute Gasteiger partial charge is 0.0374 e. The van der Waals surface area contributed by atoms with Gasteiger partial charge in [0.1, 0.15) is 0 Å². The molecule has 0 N–H and O–H groups in total. The van der Waals surface area contributed by atoms with E-state index in [-0.39, 0.29) is 0 Å². The first-order valence-corrected chi connectivity index (χ1v) is 6.60. The van der Waals surface area contributed by atoms with E-state index in [1.54, 1.807) is 0 Å². The maximum absolute atomic E-state index is 2.30. The zero-order chi connectivity index (χ0) is 10.7. The first-order chi connectivity index (χ1) is 7.27. The molecule has 0 aliphatic rings. The van der Waals surface area contributed by atoms with Crippen LogP contribution < -0.4 is 0 Å². The third-order valence-corrected chi connectivity index (χ3v) is 3.79. The summed E-state index contributed by atoms with van der Waals surface area (Å²) < 4.78 is 1.49. The van der Waals surface area contributed by atoms with Gasteiger partial charge in [0.25, 0.3) is 0 Å². The molecule has 0 amide bonds. The minimum absolute atomic E-state index is 0.826. The molecule has 0 aliphatic heterocycles. The van der Waals surface area contributed by atoms with E-state index in [0.717, 1.165) is 5.92 Å². The Morgan fingerprint density at radius 1 is 1.20 bits per heavy atom. The van der Waals surface area contributed by atoms with Crippen molar-refractivity contribution in [2.24, 2.45) is 5.92 Å². The normalized spacial score (nSPS) is 11.4. The standard InChI is InChI=1S/C14H18S/c1-11(2)5-3-6-12-7-4-8-13-9-10-15-14(12)13/h4,7-11H,3,5-6H2,1-2H3. The van der Waals surface area contributed by atoms with Crippen LogP contribution in [0.15, 0.2) is 29.6 Å². The molecule has 0 unspecified atom stereocenters. The van der Waals surface area contributed by atoms with Crippen LogP contribution in [0, 0.1) is 5.92 Å². The molecule has 1 aromatic carbocycles. The molecule has 0 radical (unpaired) electrons. The van der Waals surface area contributed by atoms with Crippen molar-refractivity contribution in [3.8, 4) is 0 Å². The van der Waals surface area contributed by atoms with Gasteiger partial charge in [-0.25, -0.2) is 0 Å². The predicted molar refractivity (Wildman–Crippen MR) is 69.6 cm³/mol. The van der Waals surface area contributed by atoms with Crippen molar-refractivity contribution in [3.05, 3.63) is 35.2 Å². The highest BCUT2D eigenvalue weighted by Crippen LogP contribution is 2.26. The molecular formula is C14H18S. The predicted octanol–water partition coefficient (Wildman–Crippen LogP) is 4.88. The van der Waals surface area contributed by atoms with Crippen LogP contribution >= 0.6 is 11.3 Å². The Morgan fingerprint density at radius 3 is 2.87 bits per heavy atom. The molecule has 0 bridgehead atoms. The van der Waals surface area contributed by atoms with E-state index in [4.69, 9.17) is 0 Å². The largest absolute Gasteiger partial charge is 0.144 e. The van der Waals surface area contributed by atoms with Gasteiger partial charge in [-0.2, -0.15) is 0 Å². The molecule has 0 spiro atoms. The van der Waals surface area contributed by atoms with Crippen molar-refractivity contribution in [1.82, 2.24) is 0 Å². The van der Waals surface area contributed by atoms with Gasteiger partial charge < -0.3 is 0 Å². The number of fused-ring (bicyclic) bond motifs is 1. The van der Waals surface area contributed by atoms with Gasteiger partial charge in [0.05, 0.1) is 0 Å². The number of rotatable bonds is 4. The average molecular weight is 218 g/mol. The molecule has 1 heteroatoms. The highest BCUT2D eigenvalue weighted by molar-refractivity contribution is 7.17. The van der Waals surface area contributed by atoms with Crippen LogP contribution in [0.25, 0.3) is 10.1 Å². The summed E-state index contributed by atoms with van der Waals surface area (Å²) in [6.07, 6.45) is 3.88. The maximum Gasteiger partial charge on any atom is 0.0374 e. The van der Waals surface area contributed by atoms with Gasteiger partial charge in [-0.3, -0.25) is 0 Å². The lowest BCUT2D eigenvalue weighted by atomic mass is 10.0. The van der Waals surface area contributed by atoms with Crippen LogP contribution in [0.5, 0.6) is 0 Å². The quantitative estimate of drug-likeness (QED) is 0.686. The van der Waals surface area contributed by atoms with Gasteiger partial charge >= 0.3 is 0 Å². The number of hydrogen-bond acceptors (Lipinski definition) is 1. The van der Waals surface area contributed by atoms with E-state index in [0.29, 0.717) is 0 Å². The highest BCUT2D eigenvalue weighted by atomic mass is 32.1. The average Bonchev–Trinajstić information content (AvgIpc) is 2.65. The fourth-order valence-corrected chi connectivity index (χ4v) is 2.90. The summed E-state index contributed by atoms with van der Waals surface area (Å²) in [5.41, 5.74) is 1.53. The monoisotopic (exact) mass is 218 g/mol. The van der Waals surface area contributed by atoms with Crippen molar-refractivity contribution < 1.29 is 0 Å². The second-order valence-electron chi connectivity index (χ2n) is 4.54. The van der Waals surface area contributed by atoms with Gasteiger partial charge in [-0.1, -0.05) is 38.5 Å².